The van der Waals surface area contributed by atoms with Crippen LogP contribution in [0.4, 0.5) is 5.13 Å². The fraction of sp³-hybridized carbons (Fsp3) is 0.667. The summed E-state index contributed by atoms with van der Waals surface area (Å²) in [6, 6.07) is 0. The van der Waals surface area contributed by atoms with Gasteiger partial charge in [-0.15, -0.1) is 23.7 Å². The van der Waals surface area contributed by atoms with Crippen LogP contribution in [0.15, 0.2) is 5.38 Å². The van der Waals surface area contributed by atoms with Crippen molar-refractivity contribution in [3.05, 3.63) is 11.1 Å². The van der Waals surface area contributed by atoms with Gasteiger partial charge in [-0.2, -0.15) is 0 Å². The van der Waals surface area contributed by atoms with Gasteiger partial charge < -0.3 is 5.32 Å². The highest BCUT2D eigenvalue weighted by molar-refractivity contribution is 7.14. The molecule has 0 saturated carbocycles. The zero-order chi connectivity index (χ0) is 13.0. The highest BCUT2D eigenvalue weighted by Crippen LogP contribution is 2.21. The van der Waals surface area contributed by atoms with Gasteiger partial charge >= 0.3 is 0 Å². The lowest BCUT2D eigenvalue weighted by Gasteiger charge is -2.26. The van der Waals surface area contributed by atoms with Crippen LogP contribution >= 0.6 is 23.7 Å². The Morgan fingerprint density at radius 1 is 1.53 bits per heavy atom. The number of anilines is 1. The van der Waals surface area contributed by atoms with Crippen LogP contribution in [-0.4, -0.2) is 48.5 Å². The summed E-state index contributed by atoms with van der Waals surface area (Å²) in [7, 11) is 0. The third-order valence-electron chi connectivity index (χ3n) is 3.06. The molecule has 1 fully saturated rings. The van der Waals surface area contributed by atoms with Crippen LogP contribution < -0.4 is 10.2 Å². The minimum atomic E-state index is 0. The predicted molar refractivity (Wildman–Crippen MR) is 81.2 cm³/mol. The molecule has 108 valence electrons. The van der Waals surface area contributed by atoms with Crippen LogP contribution in [0, 0.1) is 0 Å². The lowest BCUT2D eigenvalue weighted by Crippen LogP contribution is -2.42. The summed E-state index contributed by atoms with van der Waals surface area (Å²) in [5.74, 6) is 0.0561. The summed E-state index contributed by atoms with van der Waals surface area (Å²) in [6.07, 6.45) is 0. The maximum atomic E-state index is 11.4. The Hall–Kier alpha value is -0.690. The number of hydrogen-bond acceptors (Lipinski definition) is 5. The standard InChI is InChI=1S/C12H20N4OS.ClH/c1-3-16(10(2)17)12-14-11(9-18-12)8-15-6-4-13-5-7-15;/h9,13H,3-8H2,1-2H3;1H. The first-order chi connectivity index (χ1) is 8.70. The summed E-state index contributed by atoms with van der Waals surface area (Å²) in [6.45, 7) is 9.34. The van der Waals surface area contributed by atoms with Crippen LogP contribution in [0.5, 0.6) is 0 Å². The maximum absolute atomic E-state index is 11.4. The van der Waals surface area contributed by atoms with Crippen LogP contribution in [0.2, 0.25) is 0 Å². The van der Waals surface area contributed by atoms with E-state index in [9.17, 15) is 4.79 Å². The number of thiazole rings is 1. The molecule has 0 aliphatic carbocycles. The summed E-state index contributed by atoms with van der Waals surface area (Å²) < 4.78 is 0. The second-order valence-electron chi connectivity index (χ2n) is 4.41. The van der Waals surface area contributed by atoms with Crippen molar-refractivity contribution in [2.75, 3.05) is 37.6 Å². The van der Waals surface area contributed by atoms with Gasteiger partial charge in [0.2, 0.25) is 5.91 Å². The molecule has 0 spiro atoms. The molecule has 1 saturated heterocycles. The van der Waals surface area contributed by atoms with E-state index in [0.29, 0.717) is 6.54 Å². The molecule has 2 heterocycles. The quantitative estimate of drug-likeness (QED) is 0.912. The third kappa shape index (κ3) is 4.42. The summed E-state index contributed by atoms with van der Waals surface area (Å²) in [4.78, 5) is 20.1. The van der Waals surface area contributed by atoms with Gasteiger partial charge in [-0.25, -0.2) is 4.98 Å². The number of piperazine rings is 1. The Morgan fingerprint density at radius 3 is 2.79 bits per heavy atom. The van der Waals surface area contributed by atoms with Gasteiger partial charge in [-0.05, 0) is 6.92 Å². The molecule has 1 aromatic heterocycles. The number of rotatable bonds is 4. The van der Waals surface area contributed by atoms with Crippen LogP contribution in [0.25, 0.3) is 0 Å². The number of halogens is 1. The molecule has 1 aliphatic heterocycles. The molecule has 0 atom stereocenters. The van der Waals surface area contributed by atoms with Gasteiger partial charge in [-0.1, -0.05) is 0 Å². The Balaban J connectivity index is 0.00000180. The second-order valence-corrected chi connectivity index (χ2v) is 5.25. The van der Waals surface area contributed by atoms with Crippen molar-refractivity contribution in [1.82, 2.24) is 15.2 Å². The number of carbonyl (C=O) groups excluding carboxylic acids is 1. The number of amides is 1. The fourth-order valence-corrected chi connectivity index (χ4v) is 3.01. The Bertz CT molecular complexity index is 406. The zero-order valence-electron chi connectivity index (χ0n) is 11.4. The van der Waals surface area contributed by atoms with Crippen LogP contribution in [-0.2, 0) is 11.3 Å². The molecule has 1 amide bonds. The van der Waals surface area contributed by atoms with Crippen LogP contribution in [0.1, 0.15) is 19.5 Å². The predicted octanol–water partition coefficient (Wildman–Crippen LogP) is 1.34. The monoisotopic (exact) mass is 304 g/mol. The van der Waals surface area contributed by atoms with Crippen molar-refractivity contribution in [2.45, 2.75) is 20.4 Å². The van der Waals surface area contributed by atoms with E-state index in [1.807, 2.05) is 6.92 Å². The van der Waals surface area contributed by atoms with Crippen molar-refractivity contribution in [1.29, 1.82) is 0 Å². The molecule has 0 bridgehead atoms. The largest absolute Gasteiger partial charge is 0.314 e. The zero-order valence-corrected chi connectivity index (χ0v) is 13.0. The first-order valence-corrected chi connectivity index (χ1v) is 7.24. The van der Waals surface area contributed by atoms with Crippen molar-refractivity contribution in [3.63, 3.8) is 0 Å². The van der Waals surface area contributed by atoms with E-state index in [-0.39, 0.29) is 18.3 Å². The van der Waals surface area contributed by atoms with E-state index in [1.54, 1.807) is 23.2 Å². The van der Waals surface area contributed by atoms with E-state index in [4.69, 9.17) is 0 Å². The highest BCUT2D eigenvalue weighted by atomic mass is 35.5. The summed E-state index contributed by atoms with van der Waals surface area (Å²) in [5, 5.41) is 6.21. The molecule has 7 heteroatoms. The topological polar surface area (TPSA) is 48.5 Å². The van der Waals surface area contributed by atoms with Gasteiger partial charge in [0.25, 0.3) is 0 Å². The fourth-order valence-electron chi connectivity index (χ4n) is 2.08. The minimum absolute atomic E-state index is 0. The molecule has 1 aromatic rings. The molecule has 5 nitrogen and oxygen atoms in total. The molecule has 0 aromatic carbocycles. The van der Waals surface area contributed by atoms with E-state index < -0.39 is 0 Å². The molecule has 1 N–H and O–H groups in total. The van der Waals surface area contributed by atoms with Crippen LogP contribution in [0.3, 0.4) is 0 Å². The molecular weight excluding hydrogens is 284 g/mol. The summed E-state index contributed by atoms with van der Waals surface area (Å²) in [5.41, 5.74) is 1.07. The Labute approximate surface area is 124 Å². The van der Waals surface area contributed by atoms with Gasteiger partial charge in [-0.3, -0.25) is 14.6 Å². The lowest BCUT2D eigenvalue weighted by molar-refractivity contribution is -0.116. The van der Waals surface area contributed by atoms with Crippen molar-refractivity contribution in [2.24, 2.45) is 0 Å². The SMILES string of the molecule is CCN(C(C)=O)c1nc(CN2CCNCC2)cs1.Cl. The van der Waals surface area contributed by atoms with E-state index in [0.717, 1.165) is 43.5 Å². The van der Waals surface area contributed by atoms with E-state index >= 15 is 0 Å². The number of nitrogens with one attached hydrogen (secondary N) is 1. The maximum Gasteiger partial charge on any atom is 0.225 e. The third-order valence-corrected chi connectivity index (χ3v) is 3.97. The highest BCUT2D eigenvalue weighted by Gasteiger charge is 2.15. The smallest absolute Gasteiger partial charge is 0.225 e. The van der Waals surface area contributed by atoms with E-state index in [2.05, 4.69) is 20.6 Å². The Morgan fingerprint density at radius 2 is 2.21 bits per heavy atom. The first-order valence-electron chi connectivity index (χ1n) is 6.36. The van der Waals surface area contributed by atoms with Crippen molar-refractivity contribution < 1.29 is 4.79 Å². The van der Waals surface area contributed by atoms with Gasteiger partial charge in [0.15, 0.2) is 5.13 Å². The number of carbonyl (C=O) groups is 1. The van der Waals surface area contributed by atoms with Gasteiger partial charge in [0, 0.05) is 51.6 Å². The number of nitrogens with zero attached hydrogens (tertiary/aromatic N) is 3. The number of aromatic nitrogens is 1. The second kappa shape index (κ2) is 7.79. The average molecular weight is 305 g/mol. The molecule has 0 radical (unpaired) electrons. The van der Waals surface area contributed by atoms with Crippen molar-refractivity contribution in [3.8, 4) is 0 Å². The molecule has 1 aliphatic rings. The van der Waals surface area contributed by atoms with Gasteiger partial charge in [0.1, 0.15) is 0 Å². The first kappa shape index (κ1) is 16.4. The molecule has 0 unspecified atom stereocenters. The average Bonchev–Trinajstić information content (AvgIpc) is 2.79. The summed E-state index contributed by atoms with van der Waals surface area (Å²) >= 11 is 1.55. The van der Waals surface area contributed by atoms with Gasteiger partial charge in [0.05, 0.1) is 5.69 Å². The lowest BCUT2D eigenvalue weighted by atomic mass is 10.3. The molecule has 2 rings (SSSR count). The normalized spacial score (nSPS) is 15.9. The molecule has 19 heavy (non-hydrogen) atoms. The van der Waals surface area contributed by atoms with E-state index in [1.165, 1.54) is 0 Å². The minimum Gasteiger partial charge on any atom is -0.314 e. The number of hydrogen-bond donors (Lipinski definition) is 1. The molecular formula is C12H21ClN4OS. The Kier molecular flexibility index (Phi) is 6.71. The van der Waals surface area contributed by atoms with Crippen molar-refractivity contribution >= 4 is 34.8 Å².